The fraction of sp³-hybridized carbons (Fsp3) is 0.161. The van der Waals surface area contributed by atoms with Gasteiger partial charge in [0.15, 0.2) is 17.5 Å². The highest BCUT2D eigenvalue weighted by Crippen LogP contribution is 2.20. The van der Waals surface area contributed by atoms with E-state index in [0.717, 1.165) is 16.6 Å². The summed E-state index contributed by atoms with van der Waals surface area (Å²) >= 11 is 11.3. The standard InChI is InChI=1S/C25H23BClFN8O3.C6H4ClF/c1-14(2)23(37)31-13-19-21(34-24(38)16-8-17(27)10-18(28)9-16)33-22(36(19)26)25(39)30-12-15-4-5-20(29-11-15)35-7-3-6-32-35;7-5-1-3-6(8)4-2-5/h3-11,14H,12-13H2,1-2H3,(H,30,39)(H,31,37)(H,34,38);1-4H. The molecule has 0 bridgehead atoms. The zero-order valence-corrected chi connectivity index (χ0v) is 26.6. The van der Waals surface area contributed by atoms with Crippen molar-refractivity contribution in [2.45, 2.75) is 26.9 Å². The molecule has 0 saturated heterocycles. The van der Waals surface area contributed by atoms with Crippen LogP contribution in [0.2, 0.25) is 10.0 Å². The van der Waals surface area contributed by atoms with E-state index in [-0.39, 0.29) is 58.7 Å². The smallest absolute Gasteiger partial charge is 0.286 e. The van der Waals surface area contributed by atoms with Crippen LogP contribution in [0.3, 0.4) is 0 Å². The van der Waals surface area contributed by atoms with Crippen LogP contribution in [0.4, 0.5) is 14.6 Å². The molecule has 0 unspecified atom stereocenters. The van der Waals surface area contributed by atoms with Crippen molar-refractivity contribution in [3.8, 4) is 5.82 Å². The second-order valence-electron chi connectivity index (χ2n) is 10.2. The van der Waals surface area contributed by atoms with Crippen LogP contribution in [0.25, 0.3) is 5.82 Å². The van der Waals surface area contributed by atoms with Crippen molar-refractivity contribution < 1.29 is 23.2 Å². The molecule has 0 aliphatic carbocycles. The molecule has 11 nitrogen and oxygen atoms in total. The Hall–Kier alpha value is -5.08. The monoisotopic (exact) mass is 678 g/mol. The van der Waals surface area contributed by atoms with Crippen LogP contribution >= 0.6 is 23.2 Å². The van der Waals surface area contributed by atoms with E-state index in [2.05, 4.69) is 31.0 Å². The fourth-order valence-corrected chi connectivity index (χ4v) is 4.23. The van der Waals surface area contributed by atoms with E-state index in [9.17, 15) is 23.2 Å². The van der Waals surface area contributed by atoms with Crippen LogP contribution in [0.1, 0.15) is 46.1 Å². The fourth-order valence-electron chi connectivity index (χ4n) is 3.89. The van der Waals surface area contributed by atoms with Gasteiger partial charge in [-0.05, 0) is 60.2 Å². The topological polar surface area (TPSA) is 136 Å². The molecule has 5 rings (SSSR count). The lowest BCUT2D eigenvalue weighted by Crippen LogP contribution is -2.30. The summed E-state index contributed by atoms with van der Waals surface area (Å²) in [6, 6.07) is 14.3. The van der Waals surface area contributed by atoms with Crippen LogP contribution in [-0.4, -0.2) is 49.9 Å². The first-order valence-electron chi connectivity index (χ1n) is 14.0. The minimum absolute atomic E-state index is 0.0288. The SMILES string of the molecule is Fc1ccc(Cl)cc1.[B]n1c(C(=O)NCc2ccc(-n3cccn3)nc2)nc(NC(=O)c2cc(F)cc(Cl)c2)c1CNC(=O)C(C)C. The van der Waals surface area contributed by atoms with Gasteiger partial charge in [0, 0.05) is 46.7 Å². The number of nitrogens with zero attached hydrogens (tertiary/aromatic N) is 5. The lowest BCUT2D eigenvalue weighted by atomic mass is 10.2. The van der Waals surface area contributed by atoms with Crippen molar-refractivity contribution in [2.24, 2.45) is 5.92 Å². The van der Waals surface area contributed by atoms with Gasteiger partial charge in [0.1, 0.15) is 11.6 Å². The quantitative estimate of drug-likeness (QED) is 0.185. The van der Waals surface area contributed by atoms with Gasteiger partial charge < -0.3 is 20.4 Å². The van der Waals surface area contributed by atoms with E-state index in [4.69, 9.17) is 31.2 Å². The number of imidazole rings is 1. The normalized spacial score (nSPS) is 10.6. The molecule has 16 heteroatoms. The largest absolute Gasteiger partial charge is 0.377 e. The Morgan fingerprint density at radius 2 is 1.66 bits per heavy atom. The summed E-state index contributed by atoms with van der Waals surface area (Å²) in [5.74, 6) is -2.62. The predicted octanol–water partition coefficient (Wildman–Crippen LogP) is 5.12. The van der Waals surface area contributed by atoms with E-state index in [1.165, 1.54) is 30.3 Å². The molecule has 0 aliphatic heterocycles. The molecule has 3 N–H and O–H groups in total. The minimum Gasteiger partial charge on any atom is -0.377 e. The zero-order chi connectivity index (χ0) is 34.1. The Morgan fingerprint density at radius 3 is 2.26 bits per heavy atom. The van der Waals surface area contributed by atoms with Crippen LogP contribution in [0.5, 0.6) is 0 Å². The number of aromatic nitrogens is 5. The molecule has 3 amide bonds. The Bertz CT molecular complexity index is 1810. The number of hydrogen-bond donors (Lipinski definition) is 3. The molecule has 240 valence electrons. The lowest BCUT2D eigenvalue weighted by molar-refractivity contribution is -0.124. The highest BCUT2D eigenvalue weighted by molar-refractivity contribution is 6.31. The number of carbonyl (C=O) groups excluding carboxylic acids is 3. The third kappa shape index (κ3) is 9.71. The Kier molecular flexibility index (Phi) is 11.8. The van der Waals surface area contributed by atoms with Crippen LogP contribution in [0, 0.1) is 17.6 Å². The van der Waals surface area contributed by atoms with E-state index in [1.807, 2.05) is 0 Å². The number of pyridine rings is 1. The molecule has 2 radical (unpaired) electrons. The first-order valence-corrected chi connectivity index (χ1v) is 14.7. The summed E-state index contributed by atoms with van der Waals surface area (Å²) in [5, 5.41) is 12.6. The Labute approximate surface area is 279 Å². The lowest BCUT2D eigenvalue weighted by Gasteiger charge is -2.12. The first-order chi connectivity index (χ1) is 22.4. The number of rotatable bonds is 9. The predicted molar refractivity (Wildman–Crippen MR) is 173 cm³/mol. The van der Waals surface area contributed by atoms with E-state index in [0.29, 0.717) is 16.4 Å². The molecule has 0 aliphatic rings. The van der Waals surface area contributed by atoms with Crippen molar-refractivity contribution in [1.29, 1.82) is 0 Å². The number of benzene rings is 2. The molecular weight excluding hydrogens is 652 g/mol. The molecule has 2 aromatic carbocycles. The highest BCUT2D eigenvalue weighted by atomic mass is 35.5. The molecule has 0 atom stereocenters. The molecule has 47 heavy (non-hydrogen) atoms. The van der Waals surface area contributed by atoms with Gasteiger partial charge in [0.2, 0.25) is 13.9 Å². The second kappa shape index (κ2) is 16.0. The van der Waals surface area contributed by atoms with Crippen molar-refractivity contribution in [3.63, 3.8) is 0 Å². The maximum Gasteiger partial charge on any atom is 0.286 e. The van der Waals surface area contributed by atoms with Crippen LogP contribution < -0.4 is 16.0 Å². The Morgan fingerprint density at radius 1 is 0.915 bits per heavy atom. The van der Waals surface area contributed by atoms with Gasteiger partial charge in [-0.1, -0.05) is 43.1 Å². The Balaban J connectivity index is 0.000000546. The van der Waals surface area contributed by atoms with Crippen molar-refractivity contribution in [2.75, 3.05) is 5.32 Å². The number of halogens is 4. The minimum atomic E-state index is -0.735. The van der Waals surface area contributed by atoms with Gasteiger partial charge >= 0.3 is 0 Å². The summed E-state index contributed by atoms with van der Waals surface area (Å²) < 4.78 is 28.4. The molecule has 0 fully saturated rings. The molecule has 3 heterocycles. The van der Waals surface area contributed by atoms with E-state index in [1.54, 1.807) is 55.3 Å². The number of anilines is 1. The number of hydrogen-bond acceptors (Lipinski definition) is 6. The third-order valence-electron chi connectivity index (χ3n) is 6.33. The maximum absolute atomic E-state index is 13.8. The third-order valence-corrected chi connectivity index (χ3v) is 6.80. The first kappa shape index (κ1) is 34.8. The average molecular weight is 679 g/mol. The molecule has 3 aromatic heterocycles. The summed E-state index contributed by atoms with van der Waals surface area (Å²) in [6.07, 6.45) is 4.98. The molecule has 5 aromatic rings. The van der Waals surface area contributed by atoms with Gasteiger partial charge in [-0.2, -0.15) is 5.10 Å². The number of nitrogens with one attached hydrogen (secondary N) is 3. The second-order valence-corrected chi connectivity index (χ2v) is 11.1. The van der Waals surface area contributed by atoms with Gasteiger partial charge in [-0.15, -0.1) is 0 Å². The zero-order valence-electron chi connectivity index (χ0n) is 25.0. The maximum atomic E-state index is 13.8. The van der Waals surface area contributed by atoms with Crippen LogP contribution in [-0.2, 0) is 17.9 Å². The van der Waals surface area contributed by atoms with Gasteiger partial charge in [-0.25, -0.2) is 23.4 Å². The van der Waals surface area contributed by atoms with Gasteiger partial charge in [-0.3, -0.25) is 14.4 Å². The summed E-state index contributed by atoms with van der Waals surface area (Å²) in [5.41, 5.74) is 0.784. The van der Waals surface area contributed by atoms with Crippen molar-refractivity contribution >= 4 is 54.7 Å². The van der Waals surface area contributed by atoms with Gasteiger partial charge in [0.25, 0.3) is 11.8 Å². The van der Waals surface area contributed by atoms with Crippen molar-refractivity contribution in [1.82, 2.24) is 34.9 Å². The van der Waals surface area contributed by atoms with Crippen LogP contribution in [0.15, 0.2) is 79.3 Å². The summed E-state index contributed by atoms with van der Waals surface area (Å²) in [4.78, 5) is 46.4. The summed E-state index contributed by atoms with van der Waals surface area (Å²) in [7, 11) is 6.16. The van der Waals surface area contributed by atoms with Gasteiger partial charge in [0.05, 0.1) is 12.2 Å². The van der Waals surface area contributed by atoms with E-state index >= 15 is 0 Å². The van der Waals surface area contributed by atoms with Crippen molar-refractivity contribution in [3.05, 3.63) is 124 Å². The average Bonchev–Trinajstić information content (AvgIpc) is 3.68. The molecule has 0 saturated carbocycles. The van der Waals surface area contributed by atoms with E-state index < -0.39 is 17.6 Å². The number of amides is 3. The highest BCUT2D eigenvalue weighted by Gasteiger charge is 2.22. The number of carbonyl (C=O) groups is 3. The summed E-state index contributed by atoms with van der Waals surface area (Å²) in [6.45, 7) is 3.40. The molecule has 0 spiro atoms. The molecular formula is C31H27BCl2F2N8O3.